The average Bonchev–Trinajstić information content (AvgIpc) is 1.99. The smallest absolute Gasteiger partial charge is 0.171 e. The van der Waals surface area contributed by atoms with Crippen LogP contribution in [-0.2, 0) is 9.22 Å². The van der Waals surface area contributed by atoms with Crippen LogP contribution in [0.15, 0.2) is 0 Å². The molecule has 88 valence electrons. The van der Waals surface area contributed by atoms with Gasteiger partial charge >= 0.3 is 0 Å². The topological polar surface area (TPSA) is 26.3 Å². The van der Waals surface area contributed by atoms with Crippen molar-refractivity contribution in [3.63, 3.8) is 0 Å². The summed E-state index contributed by atoms with van der Waals surface area (Å²) >= 11 is 0. The summed E-state index contributed by atoms with van der Waals surface area (Å²) in [7, 11) is -1.08. The predicted molar refractivity (Wildman–Crippen MR) is 65.6 cm³/mol. The SMILES string of the molecule is C[SiH](C)OC(C(C)(C)C)C1(C=O)CCC1. The Hall–Kier alpha value is -0.153. The van der Waals surface area contributed by atoms with Crippen molar-refractivity contribution in [2.45, 2.75) is 59.2 Å². The van der Waals surface area contributed by atoms with E-state index in [0.717, 1.165) is 19.1 Å². The largest absolute Gasteiger partial charge is 0.416 e. The number of carbonyl (C=O) groups is 1. The molecule has 1 rings (SSSR count). The van der Waals surface area contributed by atoms with Crippen LogP contribution in [0.25, 0.3) is 0 Å². The van der Waals surface area contributed by atoms with E-state index in [9.17, 15) is 4.79 Å². The van der Waals surface area contributed by atoms with E-state index in [0.29, 0.717) is 0 Å². The minimum absolute atomic E-state index is 0.0681. The maximum Gasteiger partial charge on any atom is 0.171 e. The molecule has 0 heterocycles. The van der Waals surface area contributed by atoms with Crippen LogP contribution in [0.1, 0.15) is 40.0 Å². The molecule has 0 aromatic heterocycles. The van der Waals surface area contributed by atoms with Crippen molar-refractivity contribution in [1.82, 2.24) is 0 Å². The van der Waals surface area contributed by atoms with Crippen molar-refractivity contribution in [2.75, 3.05) is 0 Å². The molecule has 3 heteroatoms. The van der Waals surface area contributed by atoms with Crippen molar-refractivity contribution in [3.05, 3.63) is 0 Å². The Bertz CT molecular complexity index is 226. The molecular weight excluding hydrogens is 204 g/mol. The van der Waals surface area contributed by atoms with E-state index < -0.39 is 9.04 Å². The van der Waals surface area contributed by atoms with Gasteiger partial charge in [-0.05, 0) is 31.4 Å². The molecule has 0 aromatic rings. The van der Waals surface area contributed by atoms with Crippen LogP contribution >= 0.6 is 0 Å². The summed E-state index contributed by atoms with van der Waals surface area (Å²) in [6, 6.07) is 0. The fraction of sp³-hybridized carbons (Fsp3) is 0.917. The van der Waals surface area contributed by atoms with E-state index in [1.54, 1.807) is 0 Å². The first-order valence-corrected chi connectivity index (χ1v) is 8.72. The zero-order valence-corrected chi connectivity index (χ0v) is 11.8. The Labute approximate surface area is 95.1 Å². The van der Waals surface area contributed by atoms with Gasteiger partial charge in [-0.2, -0.15) is 0 Å². The van der Waals surface area contributed by atoms with Gasteiger partial charge in [-0.3, -0.25) is 0 Å². The molecule has 1 unspecified atom stereocenters. The molecule has 0 spiro atoms. The molecule has 0 aliphatic heterocycles. The van der Waals surface area contributed by atoms with Crippen molar-refractivity contribution >= 4 is 15.3 Å². The highest BCUT2D eigenvalue weighted by atomic mass is 28.3. The molecule has 0 N–H and O–H groups in total. The highest BCUT2D eigenvalue weighted by molar-refractivity contribution is 6.48. The minimum Gasteiger partial charge on any atom is -0.416 e. The Balaban J connectivity index is 2.84. The maximum absolute atomic E-state index is 11.3. The molecule has 2 nitrogen and oxygen atoms in total. The van der Waals surface area contributed by atoms with Gasteiger partial charge in [-0.1, -0.05) is 27.2 Å². The van der Waals surface area contributed by atoms with Crippen LogP contribution in [0.2, 0.25) is 13.1 Å². The van der Waals surface area contributed by atoms with Gasteiger partial charge in [0.15, 0.2) is 9.04 Å². The average molecular weight is 228 g/mol. The third-order valence-electron chi connectivity index (χ3n) is 3.24. The summed E-state index contributed by atoms with van der Waals surface area (Å²) in [5.74, 6) is 0. The quantitative estimate of drug-likeness (QED) is 0.546. The van der Waals surface area contributed by atoms with Crippen LogP contribution in [-0.4, -0.2) is 21.4 Å². The highest BCUT2D eigenvalue weighted by Gasteiger charge is 2.49. The standard InChI is InChI=1S/C12H24O2Si/c1-11(2,3)10(14-15(4)5)12(9-13)7-6-8-12/h9-10,15H,6-8H2,1-5H3. The van der Waals surface area contributed by atoms with E-state index in [1.165, 1.54) is 6.42 Å². The molecule has 1 aliphatic carbocycles. The molecule has 1 aliphatic rings. The van der Waals surface area contributed by atoms with E-state index >= 15 is 0 Å². The van der Waals surface area contributed by atoms with Crippen molar-refractivity contribution in [1.29, 1.82) is 0 Å². The summed E-state index contributed by atoms with van der Waals surface area (Å²) in [5, 5.41) is 0. The normalized spacial score (nSPS) is 22.3. The maximum atomic E-state index is 11.3. The number of carbonyl (C=O) groups excluding carboxylic acids is 1. The predicted octanol–water partition coefficient (Wildman–Crippen LogP) is 2.77. The third kappa shape index (κ3) is 2.70. The molecule has 1 saturated carbocycles. The summed E-state index contributed by atoms with van der Waals surface area (Å²) in [6.07, 6.45) is 4.47. The Kier molecular flexibility index (Phi) is 3.77. The summed E-state index contributed by atoms with van der Waals surface area (Å²) < 4.78 is 6.12. The lowest BCUT2D eigenvalue weighted by Crippen LogP contribution is -2.52. The van der Waals surface area contributed by atoms with Crippen LogP contribution in [0.3, 0.4) is 0 Å². The van der Waals surface area contributed by atoms with Gasteiger partial charge in [-0.15, -0.1) is 0 Å². The zero-order valence-electron chi connectivity index (χ0n) is 10.7. The fourth-order valence-electron chi connectivity index (χ4n) is 2.50. The lowest BCUT2D eigenvalue weighted by Gasteiger charge is -2.49. The molecule has 0 aromatic carbocycles. The number of hydrogen-bond acceptors (Lipinski definition) is 2. The Morgan fingerprint density at radius 2 is 1.87 bits per heavy atom. The summed E-state index contributed by atoms with van der Waals surface area (Å²) in [5.41, 5.74) is -0.103. The first-order chi connectivity index (χ1) is 6.82. The van der Waals surface area contributed by atoms with Crippen LogP contribution in [0.4, 0.5) is 0 Å². The van der Waals surface area contributed by atoms with Gasteiger partial charge in [0, 0.05) is 0 Å². The molecule has 1 atom stereocenters. The van der Waals surface area contributed by atoms with Crippen molar-refractivity contribution in [2.24, 2.45) is 10.8 Å². The van der Waals surface area contributed by atoms with E-state index in [-0.39, 0.29) is 16.9 Å². The second-order valence-corrected chi connectivity index (χ2v) is 8.51. The van der Waals surface area contributed by atoms with Crippen LogP contribution in [0.5, 0.6) is 0 Å². The molecule has 0 saturated heterocycles. The molecular formula is C12H24O2Si. The minimum atomic E-state index is -1.08. The van der Waals surface area contributed by atoms with Gasteiger partial charge in [0.2, 0.25) is 0 Å². The number of rotatable bonds is 4. The van der Waals surface area contributed by atoms with Gasteiger partial charge in [-0.25, -0.2) is 0 Å². The van der Waals surface area contributed by atoms with Gasteiger partial charge in [0.05, 0.1) is 11.5 Å². The van der Waals surface area contributed by atoms with Crippen molar-refractivity contribution < 1.29 is 9.22 Å². The monoisotopic (exact) mass is 228 g/mol. The number of hydrogen-bond donors (Lipinski definition) is 0. The van der Waals surface area contributed by atoms with E-state index in [1.807, 2.05) is 0 Å². The first-order valence-electron chi connectivity index (χ1n) is 5.93. The first kappa shape index (κ1) is 12.9. The van der Waals surface area contributed by atoms with E-state index in [4.69, 9.17) is 4.43 Å². The van der Waals surface area contributed by atoms with E-state index in [2.05, 4.69) is 33.9 Å². The second-order valence-electron chi connectivity index (χ2n) is 6.14. The van der Waals surface area contributed by atoms with Gasteiger partial charge < -0.3 is 9.22 Å². The Morgan fingerprint density at radius 3 is 2.07 bits per heavy atom. The molecule has 15 heavy (non-hydrogen) atoms. The fourth-order valence-corrected chi connectivity index (χ4v) is 3.72. The van der Waals surface area contributed by atoms with Crippen LogP contribution in [0, 0.1) is 10.8 Å². The molecule has 0 radical (unpaired) electrons. The summed E-state index contributed by atoms with van der Waals surface area (Å²) in [6.45, 7) is 10.9. The lowest BCUT2D eigenvalue weighted by atomic mass is 9.60. The van der Waals surface area contributed by atoms with Gasteiger partial charge in [0.1, 0.15) is 6.29 Å². The summed E-state index contributed by atoms with van der Waals surface area (Å²) in [4.78, 5) is 11.3. The molecule has 1 fully saturated rings. The Morgan fingerprint density at radius 1 is 1.33 bits per heavy atom. The van der Waals surface area contributed by atoms with Gasteiger partial charge in [0.25, 0.3) is 0 Å². The lowest BCUT2D eigenvalue weighted by molar-refractivity contribution is -0.136. The number of aldehydes is 1. The second kappa shape index (κ2) is 4.38. The zero-order chi connectivity index (χ0) is 11.7. The third-order valence-corrected chi connectivity index (χ3v) is 4.05. The molecule has 0 bridgehead atoms. The highest BCUT2D eigenvalue weighted by Crippen LogP contribution is 2.49. The van der Waals surface area contributed by atoms with Crippen molar-refractivity contribution in [3.8, 4) is 0 Å². The van der Waals surface area contributed by atoms with Crippen LogP contribution < -0.4 is 0 Å². The molecule has 0 amide bonds.